The number of esters is 2. The van der Waals surface area contributed by atoms with E-state index < -0.39 is 22.5 Å². The molecule has 0 bridgehead atoms. The molecule has 0 spiro atoms. The minimum atomic E-state index is -1.10. The molecule has 9 heteroatoms. The normalized spacial score (nSPS) is 14.8. The molecular weight excluding hydrogens is 464 g/mol. The summed E-state index contributed by atoms with van der Waals surface area (Å²) in [5.41, 5.74) is 0.294. The predicted molar refractivity (Wildman–Crippen MR) is 134 cm³/mol. The number of morpholine rings is 1. The molecular formula is C27H34N2O7. The van der Waals surface area contributed by atoms with Gasteiger partial charge in [0.2, 0.25) is 0 Å². The zero-order valence-corrected chi connectivity index (χ0v) is 21.5. The van der Waals surface area contributed by atoms with Gasteiger partial charge in [0.25, 0.3) is 5.69 Å². The number of hydrogen-bond acceptors (Lipinski definition) is 8. The van der Waals surface area contributed by atoms with Crippen LogP contribution in [0.15, 0.2) is 42.5 Å². The fraction of sp³-hybridized carbons (Fsp3) is 0.481. The topological polar surface area (TPSA) is 108 Å². The van der Waals surface area contributed by atoms with E-state index in [0.717, 1.165) is 18.7 Å². The lowest BCUT2D eigenvalue weighted by atomic mass is 9.85. The zero-order valence-electron chi connectivity index (χ0n) is 21.5. The molecule has 2 aromatic carbocycles. The van der Waals surface area contributed by atoms with Crippen molar-refractivity contribution in [3.8, 4) is 0 Å². The Hall–Kier alpha value is -3.30. The van der Waals surface area contributed by atoms with E-state index in [1.54, 1.807) is 38.1 Å². The van der Waals surface area contributed by atoms with Crippen molar-refractivity contribution in [2.45, 2.75) is 45.6 Å². The molecule has 0 amide bonds. The number of non-ortho nitro benzene ring substituents is 1. The summed E-state index contributed by atoms with van der Waals surface area (Å²) in [6.07, 6.45) is 0. The molecule has 0 aliphatic carbocycles. The van der Waals surface area contributed by atoms with E-state index in [1.807, 2.05) is 26.8 Å². The van der Waals surface area contributed by atoms with E-state index in [-0.39, 0.29) is 28.8 Å². The molecule has 36 heavy (non-hydrogen) atoms. The van der Waals surface area contributed by atoms with Crippen LogP contribution in [-0.4, -0.2) is 61.2 Å². The number of carbonyl (C=O) groups is 2. The van der Waals surface area contributed by atoms with Gasteiger partial charge in [0.15, 0.2) is 0 Å². The third-order valence-electron chi connectivity index (χ3n) is 6.19. The van der Waals surface area contributed by atoms with Crippen LogP contribution in [0, 0.1) is 10.1 Å². The average molecular weight is 499 g/mol. The summed E-state index contributed by atoms with van der Waals surface area (Å²) in [6.45, 7) is 13.1. The molecule has 1 heterocycles. The van der Waals surface area contributed by atoms with Crippen LogP contribution in [0.25, 0.3) is 0 Å². The first kappa shape index (κ1) is 27.3. The molecule has 2 aromatic rings. The van der Waals surface area contributed by atoms with Crippen LogP contribution in [0.3, 0.4) is 0 Å². The highest BCUT2D eigenvalue weighted by Gasteiger charge is 2.30. The van der Waals surface area contributed by atoms with Crippen LogP contribution in [0.4, 0.5) is 5.69 Å². The zero-order chi connectivity index (χ0) is 26.5. The number of ether oxygens (including phenoxy) is 3. The van der Waals surface area contributed by atoms with E-state index in [4.69, 9.17) is 14.2 Å². The van der Waals surface area contributed by atoms with E-state index in [9.17, 15) is 19.7 Å². The second-order valence-corrected chi connectivity index (χ2v) is 10.3. The second kappa shape index (κ2) is 11.2. The summed E-state index contributed by atoms with van der Waals surface area (Å²) in [5, 5.41) is 11.0. The molecule has 0 N–H and O–H groups in total. The minimum Gasteiger partial charge on any atom is -0.461 e. The van der Waals surface area contributed by atoms with E-state index in [2.05, 4.69) is 4.90 Å². The van der Waals surface area contributed by atoms with Crippen molar-refractivity contribution in [3.05, 3.63) is 74.8 Å². The Morgan fingerprint density at radius 1 is 0.944 bits per heavy atom. The summed E-state index contributed by atoms with van der Waals surface area (Å²) in [5.74, 6) is -1.27. The van der Waals surface area contributed by atoms with E-state index in [1.165, 1.54) is 12.1 Å². The Morgan fingerprint density at radius 2 is 1.56 bits per heavy atom. The van der Waals surface area contributed by atoms with Gasteiger partial charge in [-0.25, -0.2) is 9.59 Å². The van der Waals surface area contributed by atoms with Gasteiger partial charge in [-0.3, -0.25) is 15.0 Å². The molecule has 0 radical (unpaired) electrons. The van der Waals surface area contributed by atoms with Gasteiger partial charge in [-0.1, -0.05) is 26.8 Å². The monoisotopic (exact) mass is 498 g/mol. The Bertz CT molecular complexity index is 1100. The van der Waals surface area contributed by atoms with Crippen LogP contribution in [0.5, 0.6) is 0 Å². The highest BCUT2D eigenvalue weighted by atomic mass is 16.6. The van der Waals surface area contributed by atoms with Gasteiger partial charge in [0.05, 0.1) is 29.3 Å². The fourth-order valence-corrected chi connectivity index (χ4v) is 3.86. The van der Waals surface area contributed by atoms with Crippen molar-refractivity contribution in [1.82, 2.24) is 4.90 Å². The quantitative estimate of drug-likeness (QED) is 0.298. The molecule has 3 rings (SSSR count). The Labute approximate surface area is 211 Å². The van der Waals surface area contributed by atoms with Gasteiger partial charge in [0, 0.05) is 31.8 Å². The van der Waals surface area contributed by atoms with Gasteiger partial charge in [-0.15, -0.1) is 0 Å². The first-order valence-corrected chi connectivity index (χ1v) is 12.0. The molecule has 0 atom stereocenters. The van der Waals surface area contributed by atoms with Crippen molar-refractivity contribution in [1.29, 1.82) is 0 Å². The molecule has 0 saturated carbocycles. The lowest BCUT2D eigenvalue weighted by Crippen LogP contribution is -2.38. The lowest BCUT2D eigenvalue weighted by molar-refractivity contribution is -0.384. The van der Waals surface area contributed by atoms with Gasteiger partial charge in [0.1, 0.15) is 12.2 Å². The number of carbonyl (C=O) groups excluding carboxylic acids is 2. The third-order valence-corrected chi connectivity index (χ3v) is 6.19. The second-order valence-electron chi connectivity index (χ2n) is 10.3. The summed E-state index contributed by atoms with van der Waals surface area (Å²) < 4.78 is 16.7. The number of benzene rings is 2. The molecule has 0 aromatic heterocycles. The summed E-state index contributed by atoms with van der Waals surface area (Å²) in [4.78, 5) is 39.0. The minimum absolute atomic E-state index is 0.0548. The van der Waals surface area contributed by atoms with Crippen molar-refractivity contribution in [2.24, 2.45) is 0 Å². The van der Waals surface area contributed by atoms with Gasteiger partial charge >= 0.3 is 11.9 Å². The average Bonchev–Trinajstić information content (AvgIpc) is 2.83. The Balaban J connectivity index is 1.81. The van der Waals surface area contributed by atoms with Crippen molar-refractivity contribution >= 4 is 17.6 Å². The fourth-order valence-electron chi connectivity index (χ4n) is 3.86. The smallest absolute Gasteiger partial charge is 0.339 e. The van der Waals surface area contributed by atoms with Crippen molar-refractivity contribution in [3.63, 3.8) is 0 Å². The number of rotatable bonds is 8. The van der Waals surface area contributed by atoms with E-state index in [0.29, 0.717) is 25.3 Å². The summed E-state index contributed by atoms with van der Waals surface area (Å²) in [6, 6.07) is 10.9. The van der Waals surface area contributed by atoms with Crippen molar-refractivity contribution < 1.29 is 28.7 Å². The highest BCUT2D eigenvalue weighted by molar-refractivity contribution is 6.03. The maximum atomic E-state index is 13.4. The van der Waals surface area contributed by atoms with Gasteiger partial charge in [-0.2, -0.15) is 0 Å². The first-order valence-electron chi connectivity index (χ1n) is 12.0. The standard InChI is InChI=1S/C27H34N2O7/c1-26(2,3)20-8-11-22(24(30)35-17-14-28-12-15-34-16-13-28)23(18-20)25(31)36-27(4,5)19-6-9-21(10-7-19)29(32)33/h6-11,18H,12-17H2,1-5H3. The number of hydrogen-bond donors (Lipinski definition) is 0. The molecule has 0 unspecified atom stereocenters. The maximum Gasteiger partial charge on any atom is 0.339 e. The number of nitro groups is 1. The molecule has 9 nitrogen and oxygen atoms in total. The van der Waals surface area contributed by atoms with Crippen LogP contribution >= 0.6 is 0 Å². The third kappa shape index (κ3) is 6.89. The first-order chi connectivity index (χ1) is 16.9. The Morgan fingerprint density at radius 3 is 2.14 bits per heavy atom. The van der Waals surface area contributed by atoms with Crippen LogP contribution in [-0.2, 0) is 25.2 Å². The van der Waals surface area contributed by atoms with Crippen LogP contribution < -0.4 is 0 Å². The molecule has 194 valence electrons. The largest absolute Gasteiger partial charge is 0.461 e. The highest BCUT2D eigenvalue weighted by Crippen LogP contribution is 2.30. The van der Waals surface area contributed by atoms with E-state index >= 15 is 0 Å². The summed E-state index contributed by atoms with van der Waals surface area (Å²) in [7, 11) is 0. The predicted octanol–water partition coefficient (Wildman–Crippen LogP) is 4.47. The lowest BCUT2D eigenvalue weighted by Gasteiger charge is -2.27. The SMILES string of the molecule is CC(C)(C)c1ccc(C(=O)OCCN2CCOCC2)c(C(=O)OC(C)(C)c2ccc([N+](=O)[O-])cc2)c1. The molecule has 1 aliphatic heterocycles. The van der Waals surface area contributed by atoms with Gasteiger partial charge in [-0.05, 0) is 54.7 Å². The maximum absolute atomic E-state index is 13.4. The molecule has 1 aliphatic rings. The molecule has 1 saturated heterocycles. The number of nitrogens with zero attached hydrogens (tertiary/aromatic N) is 2. The Kier molecular flexibility index (Phi) is 8.47. The molecule has 1 fully saturated rings. The van der Waals surface area contributed by atoms with Crippen LogP contribution in [0.2, 0.25) is 0 Å². The van der Waals surface area contributed by atoms with Crippen LogP contribution in [0.1, 0.15) is 66.5 Å². The van der Waals surface area contributed by atoms with Crippen molar-refractivity contribution in [2.75, 3.05) is 39.5 Å². The van der Waals surface area contributed by atoms with Gasteiger partial charge < -0.3 is 14.2 Å². The summed E-state index contributed by atoms with van der Waals surface area (Å²) >= 11 is 0. The number of nitro benzene ring substituents is 1.